The fraction of sp³-hybridized carbons (Fsp3) is 0.444. The molecule has 2 aliphatic heterocycles. The van der Waals surface area contributed by atoms with E-state index in [1.165, 1.54) is 35.4 Å². The number of nitrogens with zero attached hydrogens (tertiary/aromatic N) is 4. The summed E-state index contributed by atoms with van der Waals surface area (Å²) in [7, 11) is 1.75. The molecular weight excluding hydrogens is 396 g/mol. The lowest BCUT2D eigenvalue weighted by atomic mass is 9.72. The number of hydrogen-bond acceptors (Lipinski definition) is 5. The van der Waals surface area contributed by atoms with Crippen molar-refractivity contribution in [1.29, 1.82) is 0 Å². The molecule has 0 unspecified atom stereocenters. The van der Waals surface area contributed by atoms with Gasteiger partial charge in [0.25, 0.3) is 0 Å². The Hall–Kier alpha value is -2.82. The number of hydrogen-bond donors (Lipinski definition) is 0. The maximum atomic E-state index is 5.57. The van der Waals surface area contributed by atoms with Gasteiger partial charge in [0.1, 0.15) is 17.4 Å². The minimum atomic E-state index is 0.362. The Kier molecular flexibility index (Phi) is 4.56. The molecule has 32 heavy (non-hydrogen) atoms. The monoisotopic (exact) mass is 427 g/mol. The van der Waals surface area contributed by atoms with E-state index in [2.05, 4.69) is 54.0 Å². The molecule has 5 heteroatoms. The lowest BCUT2D eigenvalue weighted by molar-refractivity contribution is 0.155. The summed E-state index contributed by atoms with van der Waals surface area (Å²) in [6, 6.07) is 15.1. The molecule has 3 fully saturated rings. The topological polar surface area (TPSA) is 41.5 Å². The van der Waals surface area contributed by atoms with E-state index in [9.17, 15) is 0 Å². The van der Waals surface area contributed by atoms with Crippen LogP contribution in [0.25, 0.3) is 10.9 Å². The summed E-state index contributed by atoms with van der Waals surface area (Å²) in [5, 5.41) is 1.20. The molecule has 165 valence electrons. The lowest BCUT2D eigenvalue weighted by Gasteiger charge is -2.61. The second kappa shape index (κ2) is 7.36. The fourth-order valence-electron chi connectivity index (χ4n) is 5.30. The Morgan fingerprint density at radius 1 is 1.03 bits per heavy atom. The van der Waals surface area contributed by atoms with Gasteiger partial charge in [-0.25, -0.2) is 9.97 Å². The first-order valence-electron chi connectivity index (χ1n) is 11.9. The number of rotatable bonds is 6. The quantitative estimate of drug-likeness (QED) is 0.541. The predicted molar refractivity (Wildman–Crippen MR) is 130 cm³/mol. The summed E-state index contributed by atoms with van der Waals surface area (Å²) in [5.74, 6) is 5.12. The Morgan fingerprint density at radius 3 is 2.50 bits per heavy atom. The van der Waals surface area contributed by atoms with Crippen LogP contribution in [0, 0.1) is 11.3 Å². The minimum absolute atomic E-state index is 0.362. The second-order valence-corrected chi connectivity index (χ2v) is 9.93. The zero-order valence-electron chi connectivity index (χ0n) is 19.3. The zero-order chi connectivity index (χ0) is 21.9. The number of anilines is 2. The van der Waals surface area contributed by atoms with Crippen LogP contribution >= 0.6 is 0 Å². The van der Waals surface area contributed by atoms with E-state index >= 15 is 0 Å². The van der Waals surface area contributed by atoms with E-state index in [1.54, 1.807) is 7.11 Å². The van der Waals surface area contributed by atoms with Crippen molar-refractivity contribution in [3.05, 3.63) is 59.8 Å². The molecule has 0 bridgehead atoms. The molecule has 0 atom stereocenters. The maximum Gasteiger partial charge on any atom is 0.142 e. The largest absolute Gasteiger partial charge is 0.495 e. The van der Waals surface area contributed by atoms with Gasteiger partial charge in [-0.1, -0.05) is 32.0 Å². The predicted octanol–water partition coefficient (Wildman–Crippen LogP) is 5.19. The molecule has 1 spiro atoms. The Morgan fingerprint density at radius 2 is 1.78 bits per heavy atom. The first-order chi connectivity index (χ1) is 15.6. The first-order valence-corrected chi connectivity index (χ1v) is 11.9. The standard InChI is InChI=1S/C27H31N4O/c1-4-18(2)20-11-12-22-21(13-20)26(29-25(28-22)19-9-10-19)31-16-27(17-31)14-30(15-27)23-7-5-6-8-24(23)32-3/h5-8,11-13,19H,4,9-10,14-17H2,1-3H3. The van der Waals surface area contributed by atoms with Crippen LogP contribution in [0.3, 0.4) is 0 Å². The van der Waals surface area contributed by atoms with Gasteiger partial charge in [0.2, 0.25) is 0 Å². The zero-order valence-corrected chi connectivity index (χ0v) is 19.3. The number of fused-ring (bicyclic) bond motifs is 1. The van der Waals surface area contributed by atoms with Crippen molar-refractivity contribution in [2.45, 2.75) is 39.0 Å². The van der Waals surface area contributed by atoms with Crippen molar-refractivity contribution in [3.8, 4) is 5.75 Å². The summed E-state index contributed by atoms with van der Waals surface area (Å²) < 4.78 is 5.57. The van der Waals surface area contributed by atoms with Crippen molar-refractivity contribution in [1.82, 2.24) is 9.97 Å². The first kappa shape index (κ1) is 19.8. The average Bonchev–Trinajstić information content (AvgIpc) is 3.62. The van der Waals surface area contributed by atoms with Crippen molar-refractivity contribution in [3.63, 3.8) is 0 Å². The van der Waals surface area contributed by atoms with Crippen LogP contribution < -0.4 is 14.5 Å². The molecule has 2 saturated heterocycles. The summed E-state index contributed by atoms with van der Waals surface area (Å²) >= 11 is 0. The van der Waals surface area contributed by atoms with E-state index < -0.39 is 0 Å². The van der Waals surface area contributed by atoms with Crippen molar-refractivity contribution in [2.24, 2.45) is 5.41 Å². The van der Waals surface area contributed by atoms with Crippen LogP contribution in [0.15, 0.2) is 42.5 Å². The highest BCUT2D eigenvalue weighted by Crippen LogP contribution is 2.47. The van der Waals surface area contributed by atoms with Crippen LogP contribution in [-0.2, 0) is 0 Å². The highest BCUT2D eigenvalue weighted by molar-refractivity contribution is 5.91. The van der Waals surface area contributed by atoms with E-state index in [0.717, 1.165) is 55.5 Å². The molecule has 0 N–H and O–H groups in total. The number of ether oxygens (including phenoxy) is 1. The number of para-hydroxylation sites is 2. The molecule has 1 saturated carbocycles. The van der Waals surface area contributed by atoms with Crippen LogP contribution in [0.2, 0.25) is 0 Å². The van der Waals surface area contributed by atoms with E-state index in [0.29, 0.717) is 11.3 Å². The summed E-state index contributed by atoms with van der Waals surface area (Å²) in [4.78, 5) is 15.0. The molecule has 1 aromatic heterocycles. The van der Waals surface area contributed by atoms with Gasteiger partial charge in [0.15, 0.2) is 0 Å². The average molecular weight is 428 g/mol. The summed E-state index contributed by atoms with van der Waals surface area (Å²) in [6.07, 6.45) is 3.51. The molecule has 1 aliphatic carbocycles. The van der Waals surface area contributed by atoms with Crippen molar-refractivity contribution >= 4 is 22.4 Å². The molecule has 3 heterocycles. The summed E-state index contributed by atoms with van der Waals surface area (Å²) in [6.45, 7) is 8.73. The molecule has 2 aromatic carbocycles. The highest BCUT2D eigenvalue weighted by Gasteiger charge is 2.53. The molecule has 3 aliphatic rings. The fourth-order valence-corrected chi connectivity index (χ4v) is 5.30. The third-order valence-corrected chi connectivity index (χ3v) is 7.49. The van der Waals surface area contributed by atoms with E-state index in [1.807, 2.05) is 12.1 Å². The second-order valence-electron chi connectivity index (χ2n) is 9.93. The third-order valence-electron chi connectivity index (χ3n) is 7.49. The van der Waals surface area contributed by atoms with Crippen molar-refractivity contribution < 1.29 is 4.74 Å². The highest BCUT2D eigenvalue weighted by atomic mass is 16.5. The third kappa shape index (κ3) is 3.21. The lowest BCUT2D eigenvalue weighted by Crippen LogP contribution is -2.72. The van der Waals surface area contributed by atoms with Gasteiger partial charge in [-0.3, -0.25) is 0 Å². The molecule has 1 radical (unpaired) electrons. The molecule has 0 amide bonds. The van der Waals surface area contributed by atoms with Crippen LogP contribution in [0.1, 0.15) is 50.4 Å². The molecular formula is C27H31N4O. The van der Waals surface area contributed by atoms with Crippen LogP contribution in [0.5, 0.6) is 5.75 Å². The molecule has 5 nitrogen and oxygen atoms in total. The number of benzene rings is 2. The Bertz CT molecular complexity index is 1160. The van der Waals surface area contributed by atoms with Gasteiger partial charge < -0.3 is 14.5 Å². The molecule has 3 aromatic rings. The normalized spacial score (nSPS) is 19.4. The van der Waals surface area contributed by atoms with Crippen LogP contribution in [-0.4, -0.2) is 43.3 Å². The van der Waals surface area contributed by atoms with Gasteiger partial charge in [0, 0.05) is 48.8 Å². The van der Waals surface area contributed by atoms with E-state index in [-0.39, 0.29) is 0 Å². The number of methoxy groups -OCH3 is 1. The minimum Gasteiger partial charge on any atom is -0.495 e. The van der Waals surface area contributed by atoms with Gasteiger partial charge in [-0.05, 0) is 49.1 Å². The maximum absolute atomic E-state index is 5.57. The summed E-state index contributed by atoms with van der Waals surface area (Å²) in [5.41, 5.74) is 3.97. The van der Waals surface area contributed by atoms with Gasteiger partial charge in [-0.2, -0.15) is 0 Å². The SMILES string of the molecule is CC[C](C)c1ccc2nc(C3CC3)nc(N3CC4(CN(c5ccccc5OC)C4)C3)c2c1. The van der Waals surface area contributed by atoms with Crippen molar-refractivity contribution in [2.75, 3.05) is 43.1 Å². The number of aromatic nitrogens is 2. The Labute approximate surface area is 190 Å². The van der Waals surface area contributed by atoms with Gasteiger partial charge >= 0.3 is 0 Å². The van der Waals surface area contributed by atoms with Crippen LogP contribution in [0.4, 0.5) is 11.5 Å². The smallest absolute Gasteiger partial charge is 0.142 e. The van der Waals surface area contributed by atoms with Gasteiger partial charge in [-0.15, -0.1) is 0 Å². The van der Waals surface area contributed by atoms with Gasteiger partial charge in [0.05, 0.1) is 18.3 Å². The Balaban J connectivity index is 1.26. The van der Waals surface area contributed by atoms with E-state index in [4.69, 9.17) is 14.7 Å². The molecule has 6 rings (SSSR count).